The van der Waals surface area contributed by atoms with Gasteiger partial charge in [-0.3, -0.25) is 10.1 Å². The minimum absolute atomic E-state index is 0.0751. The van der Waals surface area contributed by atoms with E-state index in [1.54, 1.807) is 11.3 Å². The van der Waals surface area contributed by atoms with Crippen LogP contribution in [0.3, 0.4) is 0 Å². The number of ether oxygens (including phenoxy) is 1. The summed E-state index contributed by atoms with van der Waals surface area (Å²) >= 11 is 1.68. The fraction of sp³-hybridized carbons (Fsp3) is 0.615. The maximum absolute atomic E-state index is 11.9. The van der Waals surface area contributed by atoms with Crippen molar-refractivity contribution in [1.29, 1.82) is 0 Å². The minimum Gasteiger partial charge on any atom is -0.381 e. The molecule has 2 aliphatic heterocycles. The summed E-state index contributed by atoms with van der Waals surface area (Å²) in [5, 5.41) is 7.46. The highest BCUT2D eigenvalue weighted by Crippen LogP contribution is 2.26. The number of hydrogen-bond acceptors (Lipinski definition) is 4. The first kappa shape index (κ1) is 12.1. The van der Waals surface area contributed by atoms with Crippen molar-refractivity contribution in [2.24, 2.45) is 5.92 Å². The SMILES string of the molecule is O=C1CNC(c2ccsc2)N1CCC1CCOC1. The Labute approximate surface area is 111 Å². The summed E-state index contributed by atoms with van der Waals surface area (Å²) in [6.07, 6.45) is 2.26. The fourth-order valence-corrected chi connectivity index (χ4v) is 3.33. The second-order valence-corrected chi connectivity index (χ2v) is 5.73. The first-order valence-corrected chi connectivity index (χ1v) is 7.41. The second kappa shape index (κ2) is 5.38. The monoisotopic (exact) mass is 266 g/mol. The molecule has 1 aromatic heterocycles. The van der Waals surface area contributed by atoms with Gasteiger partial charge in [-0.2, -0.15) is 11.3 Å². The zero-order valence-electron chi connectivity index (χ0n) is 10.3. The molecule has 0 radical (unpaired) electrons. The molecule has 0 aliphatic carbocycles. The van der Waals surface area contributed by atoms with E-state index < -0.39 is 0 Å². The Bertz CT molecular complexity index is 401. The van der Waals surface area contributed by atoms with Crippen LogP contribution in [0.4, 0.5) is 0 Å². The third kappa shape index (κ3) is 2.43. The Morgan fingerprint density at radius 3 is 3.22 bits per heavy atom. The number of nitrogens with one attached hydrogen (secondary N) is 1. The lowest BCUT2D eigenvalue weighted by atomic mass is 10.0. The van der Waals surface area contributed by atoms with E-state index >= 15 is 0 Å². The molecule has 5 heteroatoms. The molecule has 1 aromatic rings. The van der Waals surface area contributed by atoms with Crippen molar-refractivity contribution in [1.82, 2.24) is 10.2 Å². The van der Waals surface area contributed by atoms with E-state index in [1.807, 2.05) is 4.90 Å². The number of amides is 1. The maximum atomic E-state index is 11.9. The molecule has 3 rings (SSSR count). The zero-order valence-corrected chi connectivity index (χ0v) is 11.1. The Balaban J connectivity index is 1.62. The van der Waals surface area contributed by atoms with Gasteiger partial charge in [0.15, 0.2) is 0 Å². The summed E-state index contributed by atoms with van der Waals surface area (Å²) < 4.78 is 5.38. The molecular weight excluding hydrogens is 248 g/mol. The van der Waals surface area contributed by atoms with Crippen LogP contribution < -0.4 is 5.32 Å². The van der Waals surface area contributed by atoms with Crippen molar-refractivity contribution in [3.8, 4) is 0 Å². The summed E-state index contributed by atoms with van der Waals surface area (Å²) in [6, 6.07) is 2.09. The van der Waals surface area contributed by atoms with Gasteiger partial charge in [0.05, 0.1) is 6.54 Å². The van der Waals surface area contributed by atoms with Gasteiger partial charge >= 0.3 is 0 Å². The maximum Gasteiger partial charge on any atom is 0.238 e. The van der Waals surface area contributed by atoms with E-state index in [2.05, 4.69) is 22.1 Å². The van der Waals surface area contributed by atoms with Crippen LogP contribution in [0.5, 0.6) is 0 Å². The van der Waals surface area contributed by atoms with Crippen molar-refractivity contribution >= 4 is 17.2 Å². The normalized spacial score (nSPS) is 28.2. The lowest BCUT2D eigenvalue weighted by molar-refractivity contribution is -0.128. The minimum atomic E-state index is 0.0751. The zero-order chi connectivity index (χ0) is 12.4. The quantitative estimate of drug-likeness (QED) is 0.900. The molecule has 98 valence electrons. The van der Waals surface area contributed by atoms with Crippen molar-refractivity contribution in [2.75, 3.05) is 26.3 Å². The van der Waals surface area contributed by atoms with Crippen molar-refractivity contribution in [3.63, 3.8) is 0 Å². The molecule has 0 spiro atoms. The summed E-state index contributed by atoms with van der Waals surface area (Å²) in [7, 11) is 0. The Morgan fingerprint density at radius 2 is 2.50 bits per heavy atom. The third-order valence-corrected chi connectivity index (χ3v) is 4.44. The number of rotatable bonds is 4. The molecule has 2 saturated heterocycles. The highest BCUT2D eigenvalue weighted by molar-refractivity contribution is 7.07. The summed E-state index contributed by atoms with van der Waals surface area (Å²) in [6.45, 7) is 3.03. The first-order chi connectivity index (χ1) is 8.84. The van der Waals surface area contributed by atoms with Crippen LogP contribution in [0, 0.1) is 5.92 Å². The number of thiophene rings is 1. The molecule has 0 bridgehead atoms. The highest BCUT2D eigenvalue weighted by Gasteiger charge is 2.32. The van der Waals surface area contributed by atoms with Gasteiger partial charge in [-0.25, -0.2) is 0 Å². The lowest BCUT2D eigenvalue weighted by Gasteiger charge is -2.24. The largest absolute Gasteiger partial charge is 0.381 e. The van der Waals surface area contributed by atoms with Gasteiger partial charge in [0.1, 0.15) is 6.17 Å². The van der Waals surface area contributed by atoms with Gasteiger partial charge in [0, 0.05) is 19.8 Å². The van der Waals surface area contributed by atoms with Gasteiger partial charge in [0.2, 0.25) is 5.91 Å². The molecule has 2 aliphatic rings. The first-order valence-electron chi connectivity index (χ1n) is 6.47. The Hall–Kier alpha value is -0.910. The van der Waals surface area contributed by atoms with Crippen molar-refractivity contribution < 1.29 is 9.53 Å². The smallest absolute Gasteiger partial charge is 0.238 e. The molecule has 2 atom stereocenters. The number of nitrogens with zero attached hydrogens (tertiary/aromatic N) is 1. The predicted octanol–water partition coefficient (Wildman–Crippen LogP) is 1.61. The van der Waals surface area contributed by atoms with Gasteiger partial charge in [-0.05, 0) is 41.1 Å². The molecule has 1 N–H and O–H groups in total. The number of carbonyl (C=O) groups is 1. The van der Waals surface area contributed by atoms with Gasteiger partial charge in [-0.1, -0.05) is 0 Å². The molecule has 0 aromatic carbocycles. The van der Waals surface area contributed by atoms with E-state index in [0.29, 0.717) is 12.5 Å². The summed E-state index contributed by atoms with van der Waals surface area (Å²) in [4.78, 5) is 13.9. The molecule has 0 saturated carbocycles. The van der Waals surface area contributed by atoms with Crippen LogP contribution in [0.2, 0.25) is 0 Å². The van der Waals surface area contributed by atoms with E-state index in [4.69, 9.17) is 4.74 Å². The van der Waals surface area contributed by atoms with E-state index in [-0.39, 0.29) is 12.1 Å². The van der Waals surface area contributed by atoms with Gasteiger partial charge in [-0.15, -0.1) is 0 Å². The molecule has 2 fully saturated rings. The third-order valence-electron chi connectivity index (χ3n) is 3.74. The Kier molecular flexibility index (Phi) is 3.63. The molecule has 2 unspecified atom stereocenters. The van der Waals surface area contributed by atoms with Crippen LogP contribution in [-0.2, 0) is 9.53 Å². The summed E-state index contributed by atoms with van der Waals surface area (Å²) in [5.41, 5.74) is 1.20. The average Bonchev–Trinajstić information content (AvgIpc) is 3.08. The van der Waals surface area contributed by atoms with Crippen molar-refractivity contribution in [3.05, 3.63) is 22.4 Å². The summed E-state index contributed by atoms with van der Waals surface area (Å²) in [5.74, 6) is 0.839. The molecule has 4 nitrogen and oxygen atoms in total. The van der Waals surface area contributed by atoms with Crippen LogP contribution >= 0.6 is 11.3 Å². The van der Waals surface area contributed by atoms with Crippen LogP contribution in [0.15, 0.2) is 16.8 Å². The molecule has 18 heavy (non-hydrogen) atoms. The molecule has 1 amide bonds. The lowest BCUT2D eigenvalue weighted by Crippen LogP contribution is -2.32. The molecular formula is C13H18N2O2S. The van der Waals surface area contributed by atoms with E-state index in [9.17, 15) is 4.79 Å². The molecule has 3 heterocycles. The van der Waals surface area contributed by atoms with Crippen molar-refractivity contribution in [2.45, 2.75) is 19.0 Å². The van der Waals surface area contributed by atoms with E-state index in [1.165, 1.54) is 5.56 Å². The number of carbonyl (C=O) groups excluding carboxylic acids is 1. The Morgan fingerprint density at radius 1 is 1.56 bits per heavy atom. The number of hydrogen-bond donors (Lipinski definition) is 1. The fourth-order valence-electron chi connectivity index (χ4n) is 2.65. The van der Waals surface area contributed by atoms with Gasteiger partial charge < -0.3 is 9.64 Å². The van der Waals surface area contributed by atoms with Crippen LogP contribution in [0.25, 0.3) is 0 Å². The topological polar surface area (TPSA) is 41.6 Å². The van der Waals surface area contributed by atoms with Crippen LogP contribution in [-0.4, -0.2) is 37.1 Å². The van der Waals surface area contributed by atoms with Crippen LogP contribution in [0.1, 0.15) is 24.6 Å². The standard InChI is InChI=1S/C13H18N2O2S/c16-12-7-14-13(11-3-6-18-9-11)15(12)4-1-10-2-5-17-8-10/h3,6,9-10,13-14H,1-2,4-5,7-8H2. The highest BCUT2D eigenvalue weighted by atomic mass is 32.1. The second-order valence-electron chi connectivity index (χ2n) is 4.95. The van der Waals surface area contributed by atoms with Gasteiger partial charge in [0.25, 0.3) is 0 Å². The van der Waals surface area contributed by atoms with E-state index in [0.717, 1.165) is 32.6 Å². The average molecular weight is 266 g/mol. The predicted molar refractivity (Wildman–Crippen MR) is 70.3 cm³/mol.